The molecule has 1 aromatic heterocycles. The topological polar surface area (TPSA) is 66.6 Å². The van der Waals surface area contributed by atoms with Crippen LogP contribution >= 0.6 is 0 Å². The van der Waals surface area contributed by atoms with Gasteiger partial charge in [0.2, 0.25) is 0 Å². The third-order valence-corrected chi connectivity index (χ3v) is 4.03. The first kappa shape index (κ1) is 13.7. The van der Waals surface area contributed by atoms with Crippen molar-refractivity contribution in [3.63, 3.8) is 0 Å². The minimum Gasteiger partial charge on any atom is -0.508 e. The van der Waals surface area contributed by atoms with Crippen LogP contribution in [0, 0.1) is 6.92 Å². The molecule has 5 heteroatoms. The van der Waals surface area contributed by atoms with Crippen LogP contribution < -0.4 is 4.90 Å². The summed E-state index contributed by atoms with van der Waals surface area (Å²) in [7, 11) is 1.71. The summed E-state index contributed by atoms with van der Waals surface area (Å²) in [5.41, 5.74) is 2.82. The average Bonchev–Trinajstić information content (AvgIpc) is 2.92. The third-order valence-electron chi connectivity index (χ3n) is 4.03. The Kier molecular flexibility index (Phi) is 3.41. The lowest BCUT2D eigenvalue weighted by atomic mass is 9.96. The molecule has 1 N–H and O–H groups in total. The van der Waals surface area contributed by atoms with E-state index in [1.807, 2.05) is 0 Å². The number of amides is 1. The lowest BCUT2D eigenvalue weighted by Gasteiger charge is -2.18. The van der Waals surface area contributed by atoms with E-state index in [4.69, 9.17) is 4.52 Å². The molecule has 0 atom stereocenters. The smallest absolute Gasteiger partial charge is 0.280 e. The van der Waals surface area contributed by atoms with E-state index in [0.29, 0.717) is 5.69 Å². The summed E-state index contributed by atoms with van der Waals surface area (Å²) in [6, 6.07) is 5.08. The number of aromatic hydroxyl groups is 1. The van der Waals surface area contributed by atoms with Crippen LogP contribution in [0.25, 0.3) is 0 Å². The van der Waals surface area contributed by atoms with Crippen LogP contribution in [0.2, 0.25) is 0 Å². The van der Waals surface area contributed by atoms with E-state index < -0.39 is 0 Å². The van der Waals surface area contributed by atoms with E-state index in [9.17, 15) is 9.90 Å². The number of carbonyl (C=O) groups excluding carboxylic acids is 1. The minimum atomic E-state index is -0.174. The van der Waals surface area contributed by atoms with E-state index in [2.05, 4.69) is 5.16 Å². The van der Waals surface area contributed by atoms with E-state index >= 15 is 0 Å². The Balaban J connectivity index is 1.90. The standard InChI is InChI=1S/C16H18N2O3/c1-10-9-11(7-8-13(10)19)18(2)16(20)15-12-5-3-4-6-14(12)21-17-15/h7-9,19H,3-6H2,1-2H3. The zero-order valence-electron chi connectivity index (χ0n) is 12.2. The van der Waals surface area contributed by atoms with E-state index in [-0.39, 0.29) is 11.7 Å². The summed E-state index contributed by atoms with van der Waals surface area (Å²) >= 11 is 0. The predicted octanol–water partition coefficient (Wildman–Crippen LogP) is 2.84. The van der Waals surface area contributed by atoms with Gasteiger partial charge in [0.05, 0.1) is 0 Å². The van der Waals surface area contributed by atoms with Crippen LogP contribution in [0.3, 0.4) is 0 Å². The quantitative estimate of drug-likeness (QED) is 0.921. The number of benzene rings is 1. The van der Waals surface area contributed by atoms with Crippen LogP contribution in [0.5, 0.6) is 5.75 Å². The first-order valence-corrected chi connectivity index (χ1v) is 7.13. The molecule has 1 heterocycles. The van der Waals surface area contributed by atoms with Gasteiger partial charge in [-0.1, -0.05) is 5.16 Å². The number of hydrogen-bond acceptors (Lipinski definition) is 4. The fourth-order valence-corrected chi connectivity index (χ4v) is 2.68. The van der Waals surface area contributed by atoms with Crippen LogP contribution in [-0.4, -0.2) is 23.2 Å². The van der Waals surface area contributed by atoms with Gasteiger partial charge in [-0.05, 0) is 49.9 Å². The first-order chi connectivity index (χ1) is 10.1. The van der Waals surface area contributed by atoms with Crippen LogP contribution in [0.1, 0.15) is 40.2 Å². The van der Waals surface area contributed by atoms with Gasteiger partial charge in [0, 0.05) is 24.7 Å². The van der Waals surface area contributed by atoms with Crippen molar-refractivity contribution >= 4 is 11.6 Å². The molecule has 0 fully saturated rings. The van der Waals surface area contributed by atoms with E-state index in [1.54, 1.807) is 37.1 Å². The van der Waals surface area contributed by atoms with Gasteiger partial charge in [-0.2, -0.15) is 0 Å². The average molecular weight is 286 g/mol. The molecule has 2 aromatic rings. The predicted molar refractivity (Wildman–Crippen MR) is 78.7 cm³/mol. The van der Waals surface area contributed by atoms with Gasteiger partial charge in [-0.3, -0.25) is 4.79 Å². The number of aromatic nitrogens is 1. The van der Waals surface area contributed by atoms with Crippen molar-refractivity contribution in [1.82, 2.24) is 5.16 Å². The molecule has 0 saturated carbocycles. The molecular formula is C16H18N2O3. The summed E-state index contributed by atoms with van der Waals surface area (Å²) < 4.78 is 5.30. The van der Waals surface area contributed by atoms with Crippen molar-refractivity contribution in [3.8, 4) is 5.75 Å². The zero-order valence-corrected chi connectivity index (χ0v) is 12.2. The highest BCUT2D eigenvalue weighted by Gasteiger charge is 2.26. The van der Waals surface area contributed by atoms with Crippen molar-refractivity contribution in [3.05, 3.63) is 40.8 Å². The van der Waals surface area contributed by atoms with Crippen LogP contribution in [-0.2, 0) is 12.8 Å². The summed E-state index contributed by atoms with van der Waals surface area (Å²) in [6.07, 6.45) is 3.86. The summed E-state index contributed by atoms with van der Waals surface area (Å²) in [5, 5.41) is 13.5. The van der Waals surface area contributed by atoms with Gasteiger partial charge in [-0.15, -0.1) is 0 Å². The SMILES string of the molecule is Cc1cc(N(C)C(=O)c2noc3c2CCCC3)ccc1O. The van der Waals surface area contributed by atoms with Crippen LogP contribution in [0.15, 0.2) is 22.7 Å². The molecule has 21 heavy (non-hydrogen) atoms. The Hall–Kier alpha value is -2.30. The molecular weight excluding hydrogens is 268 g/mol. The first-order valence-electron chi connectivity index (χ1n) is 7.13. The Morgan fingerprint density at radius 2 is 2.10 bits per heavy atom. The van der Waals surface area contributed by atoms with E-state index in [1.165, 1.54) is 0 Å². The van der Waals surface area contributed by atoms with Gasteiger partial charge in [0.1, 0.15) is 11.5 Å². The lowest BCUT2D eigenvalue weighted by Crippen LogP contribution is -2.27. The number of anilines is 1. The largest absolute Gasteiger partial charge is 0.508 e. The Bertz CT molecular complexity index is 691. The van der Waals surface area contributed by atoms with E-state index in [0.717, 1.165) is 48.3 Å². The Morgan fingerprint density at radius 1 is 1.33 bits per heavy atom. The molecule has 0 unspecified atom stereocenters. The van der Waals surface area contributed by atoms with Gasteiger partial charge >= 0.3 is 0 Å². The highest BCUT2D eigenvalue weighted by atomic mass is 16.5. The molecule has 0 bridgehead atoms. The third kappa shape index (κ3) is 2.39. The number of aryl methyl sites for hydroxylation is 2. The number of rotatable bonds is 2. The Morgan fingerprint density at radius 3 is 2.86 bits per heavy atom. The fraction of sp³-hybridized carbons (Fsp3) is 0.375. The lowest BCUT2D eigenvalue weighted by molar-refractivity contribution is 0.0983. The van der Waals surface area contributed by atoms with Gasteiger partial charge in [0.25, 0.3) is 5.91 Å². The summed E-state index contributed by atoms with van der Waals surface area (Å²) in [4.78, 5) is 14.2. The van der Waals surface area contributed by atoms with Gasteiger partial charge in [-0.25, -0.2) is 0 Å². The molecule has 3 rings (SSSR count). The number of phenols is 1. The summed E-state index contributed by atoms with van der Waals surface area (Å²) in [5.74, 6) is 0.894. The van der Waals surface area contributed by atoms with Gasteiger partial charge < -0.3 is 14.5 Å². The number of carbonyl (C=O) groups is 1. The number of hydrogen-bond donors (Lipinski definition) is 1. The molecule has 5 nitrogen and oxygen atoms in total. The second kappa shape index (κ2) is 5.24. The molecule has 110 valence electrons. The number of nitrogens with zero attached hydrogens (tertiary/aromatic N) is 2. The highest BCUT2D eigenvalue weighted by molar-refractivity contribution is 6.05. The molecule has 1 amide bonds. The van der Waals surface area contributed by atoms with Crippen molar-refractivity contribution in [2.75, 3.05) is 11.9 Å². The molecule has 0 radical (unpaired) electrons. The minimum absolute atomic E-state index is 0.174. The monoisotopic (exact) mass is 286 g/mol. The van der Waals surface area contributed by atoms with Crippen molar-refractivity contribution in [1.29, 1.82) is 0 Å². The van der Waals surface area contributed by atoms with Crippen LogP contribution in [0.4, 0.5) is 5.69 Å². The molecule has 0 spiro atoms. The Labute approximate surface area is 123 Å². The maximum absolute atomic E-state index is 12.6. The molecule has 0 saturated heterocycles. The zero-order chi connectivity index (χ0) is 15.0. The highest BCUT2D eigenvalue weighted by Crippen LogP contribution is 2.27. The maximum Gasteiger partial charge on any atom is 0.280 e. The molecule has 1 aliphatic carbocycles. The maximum atomic E-state index is 12.6. The number of phenolic OH excluding ortho intramolecular Hbond substituents is 1. The summed E-state index contributed by atoms with van der Waals surface area (Å²) in [6.45, 7) is 1.80. The van der Waals surface area contributed by atoms with Crippen molar-refractivity contribution in [2.45, 2.75) is 32.6 Å². The second-order valence-electron chi connectivity index (χ2n) is 5.47. The van der Waals surface area contributed by atoms with Crippen molar-refractivity contribution in [2.24, 2.45) is 0 Å². The number of fused-ring (bicyclic) bond motifs is 1. The fourth-order valence-electron chi connectivity index (χ4n) is 2.68. The molecule has 1 aromatic carbocycles. The second-order valence-corrected chi connectivity index (χ2v) is 5.47. The van der Waals surface area contributed by atoms with Crippen molar-refractivity contribution < 1.29 is 14.4 Å². The molecule has 0 aliphatic heterocycles. The normalized spacial score (nSPS) is 13.8. The molecule has 1 aliphatic rings. The van der Waals surface area contributed by atoms with Gasteiger partial charge in [0.15, 0.2) is 5.69 Å².